The Balaban J connectivity index is 1.28. The summed E-state index contributed by atoms with van der Waals surface area (Å²) >= 11 is 0. The highest BCUT2D eigenvalue weighted by Crippen LogP contribution is 2.47. The van der Waals surface area contributed by atoms with Crippen molar-refractivity contribution >= 4 is 0 Å². The number of hydrogen-bond acceptors (Lipinski definition) is 1. The van der Waals surface area contributed by atoms with Crippen molar-refractivity contribution in [3.8, 4) is 6.07 Å². The number of hydrogen-bond donors (Lipinski definition) is 0. The van der Waals surface area contributed by atoms with Crippen molar-refractivity contribution in [1.82, 2.24) is 0 Å². The summed E-state index contributed by atoms with van der Waals surface area (Å²) in [6.45, 7) is 3.76. The fraction of sp³-hybridized carbons (Fsp3) is 0.500. The second-order valence-corrected chi connectivity index (χ2v) is 10.4. The highest BCUT2D eigenvalue weighted by Gasteiger charge is 2.43. The first-order chi connectivity index (χ1) is 16.8. The van der Waals surface area contributed by atoms with E-state index in [0.29, 0.717) is 50.0 Å². The zero-order valence-corrected chi connectivity index (χ0v) is 20.1. The molecule has 2 aromatic rings. The van der Waals surface area contributed by atoms with E-state index in [1.54, 1.807) is 0 Å². The molecule has 0 aliphatic heterocycles. The predicted molar refractivity (Wildman–Crippen MR) is 130 cm³/mol. The molecule has 35 heavy (non-hydrogen) atoms. The molecule has 2 aliphatic rings. The summed E-state index contributed by atoms with van der Waals surface area (Å²) in [6.07, 6.45) is 7.85. The minimum absolute atomic E-state index is 0.0510. The summed E-state index contributed by atoms with van der Waals surface area (Å²) < 4.78 is 58.4. The number of nitriles is 1. The van der Waals surface area contributed by atoms with E-state index in [2.05, 4.69) is 30.8 Å². The molecule has 0 atom stereocenters. The van der Waals surface area contributed by atoms with Crippen molar-refractivity contribution in [2.75, 3.05) is 0 Å². The van der Waals surface area contributed by atoms with E-state index in [4.69, 9.17) is 5.26 Å². The van der Waals surface area contributed by atoms with Gasteiger partial charge < -0.3 is 0 Å². The Morgan fingerprint density at radius 2 is 1.40 bits per heavy atom. The van der Waals surface area contributed by atoms with Crippen LogP contribution in [0, 0.1) is 34.8 Å². The molecule has 2 fully saturated rings. The van der Waals surface area contributed by atoms with Gasteiger partial charge in [-0.2, -0.15) is 5.26 Å². The lowest BCUT2D eigenvalue weighted by atomic mass is 9.72. The van der Waals surface area contributed by atoms with Gasteiger partial charge in [0.1, 0.15) is 23.3 Å². The van der Waals surface area contributed by atoms with E-state index in [1.165, 1.54) is 29.3 Å². The lowest BCUT2D eigenvalue weighted by Gasteiger charge is -2.37. The standard InChI is InChI=1S/C30H33F4N/c1-2-3-20-4-8-22(9-5-20)23-12-14-26(15-13-23)30(33,34)18-21-6-10-24(11-7-21)25-16-28(31)27(19-35)29(32)17-25/h2,4-5,8-9,16-17,21,23-24,26H,1,3,6-7,10-15,18H2. The van der Waals surface area contributed by atoms with Crippen LogP contribution in [0.1, 0.15) is 91.9 Å². The van der Waals surface area contributed by atoms with Gasteiger partial charge in [-0.05, 0) is 104 Å². The van der Waals surface area contributed by atoms with Gasteiger partial charge in [-0.25, -0.2) is 17.6 Å². The zero-order valence-electron chi connectivity index (χ0n) is 20.1. The lowest BCUT2D eigenvalue weighted by Crippen LogP contribution is -2.34. The first-order valence-electron chi connectivity index (χ1n) is 12.8. The van der Waals surface area contributed by atoms with Gasteiger partial charge in [0, 0.05) is 12.3 Å². The molecule has 5 heteroatoms. The third kappa shape index (κ3) is 5.97. The maximum atomic E-state index is 15.2. The van der Waals surface area contributed by atoms with Gasteiger partial charge in [-0.15, -0.1) is 6.58 Å². The van der Waals surface area contributed by atoms with Gasteiger partial charge in [0.2, 0.25) is 0 Å². The van der Waals surface area contributed by atoms with Crippen molar-refractivity contribution in [2.24, 2.45) is 11.8 Å². The molecule has 2 saturated carbocycles. The van der Waals surface area contributed by atoms with Gasteiger partial charge in [-0.3, -0.25) is 0 Å². The molecule has 0 N–H and O–H groups in total. The first-order valence-corrected chi connectivity index (χ1v) is 12.8. The predicted octanol–water partition coefficient (Wildman–Crippen LogP) is 8.84. The Hall–Kier alpha value is -2.61. The molecule has 0 saturated heterocycles. The van der Waals surface area contributed by atoms with Crippen LogP contribution in [-0.4, -0.2) is 5.92 Å². The van der Waals surface area contributed by atoms with Gasteiger partial charge >= 0.3 is 0 Å². The normalized spacial score (nSPS) is 25.1. The minimum Gasteiger partial charge on any atom is -0.207 e. The molecule has 4 rings (SSSR count). The molecule has 1 nitrogen and oxygen atoms in total. The van der Waals surface area contributed by atoms with E-state index in [1.807, 2.05) is 6.08 Å². The van der Waals surface area contributed by atoms with Gasteiger partial charge in [-0.1, -0.05) is 30.3 Å². The Morgan fingerprint density at radius 1 is 0.857 bits per heavy atom. The van der Waals surface area contributed by atoms with E-state index in [9.17, 15) is 8.78 Å². The van der Waals surface area contributed by atoms with E-state index < -0.39 is 29.0 Å². The molecular formula is C30H33F4N. The Morgan fingerprint density at radius 3 is 1.94 bits per heavy atom. The van der Waals surface area contributed by atoms with Crippen molar-refractivity contribution in [3.05, 3.63) is 82.9 Å². The van der Waals surface area contributed by atoms with Gasteiger partial charge in [0.15, 0.2) is 0 Å². The Bertz CT molecular complexity index is 1030. The maximum Gasteiger partial charge on any atom is 0.251 e. The highest BCUT2D eigenvalue weighted by atomic mass is 19.3. The summed E-state index contributed by atoms with van der Waals surface area (Å²) in [4.78, 5) is 0. The largest absolute Gasteiger partial charge is 0.251 e. The minimum atomic E-state index is -2.68. The van der Waals surface area contributed by atoms with Crippen molar-refractivity contribution in [1.29, 1.82) is 5.26 Å². The molecule has 0 heterocycles. The van der Waals surface area contributed by atoms with Crippen LogP contribution in [0.25, 0.3) is 0 Å². The van der Waals surface area contributed by atoms with Crippen LogP contribution in [0.4, 0.5) is 17.6 Å². The number of alkyl halides is 2. The average Bonchev–Trinajstić information content (AvgIpc) is 2.85. The smallest absolute Gasteiger partial charge is 0.207 e. The Kier molecular flexibility index (Phi) is 7.99. The topological polar surface area (TPSA) is 23.8 Å². The molecular weight excluding hydrogens is 450 g/mol. The van der Waals surface area contributed by atoms with E-state index >= 15 is 8.78 Å². The Labute approximate surface area is 205 Å². The lowest BCUT2D eigenvalue weighted by molar-refractivity contribution is -0.0929. The van der Waals surface area contributed by atoms with Crippen LogP contribution >= 0.6 is 0 Å². The third-order valence-electron chi connectivity index (χ3n) is 8.21. The maximum absolute atomic E-state index is 15.2. The summed E-state index contributed by atoms with van der Waals surface area (Å²) in [5.41, 5.74) is 2.42. The molecule has 0 bridgehead atoms. The number of benzene rings is 2. The first kappa shape index (κ1) is 25.5. The van der Waals surface area contributed by atoms with Crippen LogP contribution in [0.3, 0.4) is 0 Å². The monoisotopic (exact) mass is 483 g/mol. The molecule has 0 spiro atoms. The molecule has 186 valence electrons. The average molecular weight is 484 g/mol. The zero-order chi connectivity index (χ0) is 25.0. The van der Waals surface area contributed by atoms with Crippen molar-refractivity contribution < 1.29 is 17.6 Å². The quantitative estimate of drug-likeness (QED) is 0.285. The number of allylic oxidation sites excluding steroid dienone is 1. The molecule has 0 amide bonds. The second kappa shape index (κ2) is 11.0. The summed E-state index contributed by atoms with van der Waals surface area (Å²) in [5.74, 6) is -4.71. The number of nitrogens with zero attached hydrogens (tertiary/aromatic N) is 1. The molecule has 0 unspecified atom stereocenters. The summed E-state index contributed by atoms with van der Waals surface area (Å²) in [5, 5.41) is 8.85. The van der Waals surface area contributed by atoms with Crippen LogP contribution < -0.4 is 0 Å². The molecule has 2 aromatic carbocycles. The van der Waals surface area contributed by atoms with Crippen molar-refractivity contribution in [2.45, 2.75) is 82.0 Å². The van der Waals surface area contributed by atoms with Crippen molar-refractivity contribution in [3.63, 3.8) is 0 Å². The highest BCUT2D eigenvalue weighted by molar-refractivity contribution is 5.36. The van der Waals surface area contributed by atoms with Crippen LogP contribution in [0.2, 0.25) is 0 Å². The molecule has 0 aromatic heterocycles. The number of halogens is 4. The fourth-order valence-corrected chi connectivity index (χ4v) is 6.13. The molecule has 2 aliphatic carbocycles. The summed E-state index contributed by atoms with van der Waals surface area (Å²) in [7, 11) is 0. The third-order valence-corrected chi connectivity index (χ3v) is 8.21. The fourth-order valence-electron chi connectivity index (χ4n) is 6.13. The number of rotatable bonds is 7. The van der Waals surface area contributed by atoms with Crippen LogP contribution in [-0.2, 0) is 6.42 Å². The van der Waals surface area contributed by atoms with E-state index in [-0.39, 0.29) is 18.3 Å². The van der Waals surface area contributed by atoms with Gasteiger partial charge in [0.25, 0.3) is 5.92 Å². The second-order valence-electron chi connectivity index (χ2n) is 10.4. The van der Waals surface area contributed by atoms with Gasteiger partial charge in [0.05, 0.1) is 0 Å². The SMILES string of the molecule is C=CCc1ccc(C2CCC(C(F)(F)CC3CCC(c4cc(F)c(C#N)c(F)c4)CC3)CC2)cc1. The molecule has 0 radical (unpaired) electrons. The van der Waals surface area contributed by atoms with Crippen LogP contribution in [0.15, 0.2) is 49.1 Å². The van der Waals surface area contributed by atoms with E-state index in [0.717, 1.165) is 19.3 Å². The van der Waals surface area contributed by atoms with Crippen LogP contribution in [0.5, 0.6) is 0 Å². The summed E-state index contributed by atoms with van der Waals surface area (Å²) in [6, 6.07) is 12.5.